The lowest BCUT2D eigenvalue weighted by Gasteiger charge is -2.29. The van der Waals surface area contributed by atoms with Gasteiger partial charge in [-0.1, -0.05) is 18.2 Å². The van der Waals surface area contributed by atoms with E-state index in [1.807, 2.05) is 27.8 Å². The number of fused-ring (bicyclic) bond motifs is 3. The minimum atomic E-state index is 0.0768. The Balaban J connectivity index is 0.726. The van der Waals surface area contributed by atoms with Crippen molar-refractivity contribution in [3.05, 3.63) is 59.4 Å². The number of hydrogen-bond donors (Lipinski definition) is 3. The lowest BCUT2D eigenvalue weighted by atomic mass is 9.97. The summed E-state index contributed by atoms with van der Waals surface area (Å²) in [5.41, 5.74) is 18.8. The Labute approximate surface area is 343 Å². The molecule has 3 aromatic heterocycles. The van der Waals surface area contributed by atoms with Crippen LogP contribution in [0.1, 0.15) is 23.1 Å². The van der Waals surface area contributed by atoms with Gasteiger partial charge in [0.05, 0.1) is 97.6 Å². The molecule has 1 amide bonds. The van der Waals surface area contributed by atoms with Crippen LogP contribution in [-0.4, -0.2) is 159 Å². The number of nitrogen functional groups attached to an aromatic ring is 2. The summed E-state index contributed by atoms with van der Waals surface area (Å²) in [7, 11) is 0. The average molecular weight is 817 g/mol. The molecule has 2 aliphatic rings. The molecule has 7 rings (SSSR count). The van der Waals surface area contributed by atoms with Crippen molar-refractivity contribution >= 4 is 39.9 Å². The van der Waals surface area contributed by atoms with Gasteiger partial charge < -0.3 is 54.5 Å². The molecule has 59 heavy (non-hydrogen) atoms. The van der Waals surface area contributed by atoms with E-state index < -0.39 is 0 Å². The molecule has 318 valence electrons. The minimum Gasteiger partial charge on any atom is -0.424 e. The third-order valence-corrected chi connectivity index (χ3v) is 10.3. The summed E-state index contributed by atoms with van der Waals surface area (Å²) in [6, 6.07) is 12.0. The SMILES string of the molecule is Nc1nc2cc(-c3nn(Cc4ccc5c(c4)CCN(C(=O)CCOCCOCCOCCOCCOCCOCCN4CCNCC4)C5)c4ncnc(N)c34)ccc2o1. The molecule has 0 aliphatic carbocycles. The average Bonchev–Trinajstić information content (AvgIpc) is 3.82. The molecule has 5 heterocycles. The molecule has 0 bridgehead atoms. The number of ether oxygens (including phenoxy) is 6. The van der Waals surface area contributed by atoms with Crippen molar-refractivity contribution in [2.45, 2.75) is 25.9 Å². The second-order valence-electron chi connectivity index (χ2n) is 14.4. The zero-order chi connectivity index (χ0) is 40.7. The van der Waals surface area contributed by atoms with E-state index in [4.69, 9.17) is 49.4 Å². The van der Waals surface area contributed by atoms with Crippen LogP contribution in [0.25, 0.3) is 33.4 Å². The molecule has 1 saturated heterocycles. The molecule has 0 radical (unpaired) electrons. The Morgan fingerprint density at radius 2 is 1.44 bits per heavy atom. The summed E-state index contributed by atoms with van der Waals surface area (Å²) in [4.78, 5) is 30.3. The molecule has 0 unspecified atom stereocenters. The standard InChI is InChI=1S/C41H56N10O8/c42-39-37-38(32-3-4-35-34(26-32)47-41(43)59-35)48-51(40(37)46-29-45-39)27-30-1-2-33-28-50(9-5-31(33)25-30)36(52)6-13-53-15-17-55-19-21-57-23-24-58-22-20-56-18-16-54-14-12-49-10-7-44-8-11-49/h1-4,25-26,29,44H,5-24,27-28H2,(H2,43,47)(H2,42,45,46). The fourth-order valence-corrected chi connectivity index (χ4v) is 7.17. The Morgan fingerprint density at radius 1 is 0.763 bits per heavy atom. The van der Waals surface area contributed by atoms with Crippen molar-refractivity contribution < 1.29 is 37.6 Å². The predicted molar refractivity (Wildman–Crippen MR) is 221 cm³/mol. The fourth-order valence-electron chi connectivity index (χ4n) is 7.17. The van der Waals surface area contributed by atoms with E-state index in [-0.39, 0.29) is 11.9 Å². The van der Waals surface area contributed by atoms with Crippen molar-refractivity contribution in [1.29, 1.82) is 0 Å². The third-order valence-electron chi connectivity index (χ3n) is 10.3. The topological polar surface area (TPSA) is 213 Å². The van der Waals surface area contributed by atoms with Gasteiger partial charge in [0.15, 0.2) is 11.2 Å². The highest BCUT2D eigenvalue weighted by Crippen LogP contribution is 2.33. The molecule has 2 aromatic carbocycles. The normalized spacial score (nSPS) is 14.7. The zero-order valence-corrected chi connectivity index (χ0v) is 33.6. The van der Waals surface area contributed by atoms with Crippen LogP contribution in [0.2, 0.25) is 0 Å². The maximum atomic E-state index is 13.0. The molecule has 5 aromatic rings. The highest BCUT2D eigenvalue weighted by molar-refractivity contribution is 5.99. The number of carbonyl (C=O) groups is 1. The highest BCUT2D eigenvalue weighted by Gasteiger charge is 2.22. The van der Waals surface area contributed by atoms with Crippen LogP contribution in [-0.2, 0) is 52.7 Å². The van der Waals surface area contributed by atoms with Crippen LogP contribution in [0.4, 0.5) is 11.8 Å². The number of nitrogens with two attached hydrogens (primary N) is 2. The Hall–Kier alpha value is -4.79. The summed E-state index contributed by atoms with van der Waals surface area (Å²) >= 11 is 0. The number of oxazole rings is 1. The van der Waals surface area contributed by atoms with E-state index in [0.29, 0.717) is 132 Å². The van der Waals surface area contributed by atoms with Crippen LogP contribution >= 0.6 is 0 Å². The van der Waals surface area contributed by atoms with E-state index >= 15 is 0 Å². The summed E-state index contributed by atoms with van der Waals surface area (Å²) in [6.07, 6.45) is 2.53. The molecule has 0 atom stereocenters. The second kappa shape index (κ2) is 22.0. The van der Waals surface area contributed by atoms with E-state index in [0.717, 1.165) is 62.4 Å². The third kappa shape index (κ3) is 12.1. The quantitative estimate of drug-likeness (QED) is 0.0762. The number of piperazine rings is 1. The van der Waals surface area contributed by atoms with E-state index in [1.54, 1.807) is 0 Å². The monoisotopic (exact) mass is 816 g/mol. The lowest BCUT2D eigenvalue weighted by Crippen LogP contribution is -2.44. The van der Waals surface area contributed by atoms with Gasteiger partial charge in [-0.25, -0.2) is 14.6 Å². The number of benzene rings is 2. The van der Waals surface area contributed by atoms with Crippen LogP contribution < -0.4 is 16.8 Å². The predicted octanol–water partition coefficient (Wildman–Crippen LogP) is 2.13. The number of nitrogens with zero attached hydrogens (tertiary/aromatic N) is 7. The molecule has 5 N–H and O–H groups in total. The Kier molecular flexibility index (Phi) is 15.8. The van der Waals surface area contributed by atoms with Crippen LogP contribution in [0.5, 0.6) is 0 Å². The summed E-state index contributed by atoms with van der Waals surface area (Å²) in [6.45, 7) is 13.1. The second-order valence-corrected chi connectivity index (χ2v) is 14.4. The fraction of sp³-hybridized carbons (Fsp3) is 0.537. The lowest BCUT2D eigenvalue weighted by molar-refractivity contribution is -0.133. The van der Waals surface area contributed by atoms with Gasteiger partial charge >= 0.3 is 0 Å². The first-order valence-electron chi connectivity index (χ1n) is 20.4. The van der Waals surface area contributed by atoms with Gasteiger partial charge in [0.1, 0.15) is 23.4 Å². The zero-order valence-electron chi connectivity index (χ0n) is 33.6. The Bertz CT molecular complexity index is 2090. The molecule has 2 aliphatic heterocycles. The molecular weight excluding hydrogens is 761 g/mol. The van der Waals surface area contributed by atoms with E-state index in [1.165, 1.54) is 11.9 Å². The number of carbonyl (C=O) groups excluding carboxylic acids is 1. The highest BCUT2D eigenvalue weighted by atomic mass is 16.6. The van der Waals surface area contributed by atoms with Crippen LogP contribution in [0.15, 0.2) is 47.1 Å². The van der Waals surface area contributed by atoms with Gasteiger partial charge in [-0.3, -0.25) is 9.69 Å². The van der Waals surface area contributed by atoms with Crippen LogP contribution in [0, 0.1) is 0 Å². The molecule has 1 fully saturated rings. The molecule has 0 spiro atoms. The molecule has 0 saturated carbocycles. The minimum absolute atomic E-state index is 0.0768. The van der Waals surface area contributed by atoms with Crippen molar-refractivity contribution in [2.24, 2.45) is 0 Å². The van der Waals surface area contributed by atoms with Gasteiger partial charge in [0.25, 0.3) is 6.01 Å². The maximum absolute atomic E-state index is 13.0. The summed E-state index contributed by atoms with van der Waals surface area (Å²) < 4.78 is 40.8. The van der Waals surface area contributed by atoms with Gasteiger partial charge in [0.2, 0.25) is 5.91 Å². The number of aromatic nitrogens is 5. The number of amides is 1. The largest absolute Gasteiger partial charge is 0.424 e. The van der Waals surface area contributed by atoms with Gasteiger partial charge in [-0.05, 0) is 41.3 Å². The number of hydrogen-bond acceptors (Lipinski definition) is 16. The summed E-state index contributed by atoms with van der Waals surface area (Å²) in [5, 5.41) is 8.95. The van der Waals surface area contributed by atoms with Crippen molar-refractivity contribution in [1.82, 2.24) is 39.8 Å². The number of nitrogens with one attached hydrogen (secondary N) is 1. The van der Waals surface area contributed by atoms with Crippen LogP contribution in [0.3, 0.4) is 0 Å². The first-order valence-corrected chi connectivity index (χ1v) is 20.4. The number of rotatable bonds is 24. The molecule has 18 heteroatoms. The van der Waals surface area contributed by atoms with E-state index in [9.17, 15) is 4.79 Å². The molecule has 18 nitrogen and oxygen atoms in total. The van der Waals surface area contributed by atoms with Gasteiger partial charge in [-0.15, -0.1) is 0 Å². The first kappa shape index (κ1) is 42.3. The smallest absolute Gasteiger partial charge is 0.292 e. The Morgan fingerprint density at radius 3 is 2.15 bits per heavy atom. The maximum Gasteiger partial charge on any atom is 0.292 e. The van der Waals surface area contributed by atoms with Crippen molar-refractivity contribution in [3.63, 3.8) is 0 Å². The van der Waals surface area contributed by atoms with Crippen molar-refractivity contribution in [2.75, 3.05) is 130 Å². The first-order chi connectivity index (χ1) is 29.0. The van der Waals surface area contributed by atoms with Gasteiger partial charge in [0, 0.05) is 51.4 Å². The van der Waals surface area contributed by atoms with Gasteiger partial charge in [-0.2, -0.15) is 10.1 Å². The van der Waals surface area contributed by atoms with E-state index in [2.05, 4.69) is 43.4 Å². The molecular formula is C41H56N10O8. The van der Waals surface area contributed by atoms with Crippen molar-refractivity contribution in [3.8, 4) is 11.3 Å². The summed E-state index contributed by atoms with van der Waals surface area (Å²) in [5.74, 6) is 0.420. The number of anilines is 2.